The van der Waals surface area contributed by atoms with Crippen molar-refractivity contribution in [2.75, 3.05) is 36.8 Å². The quantitative estimate of drug-likeness (QED) is 0.113. The van der Waals surface area contributed by atoms with Crippen LogP contribution in [0.25, 0.3) is 28.0 Å². The Hall–Kier alpha value is -4.24. The van der Waals surface area contributed by atoms with E-state index in [1.807, 2.05) is 18.7 Å². The van der Waals surface area contributed by atoms with Crippen molar-refractivity contribution in [1.29, 1.82) is 5.26 Å². The molecule has 1 aliphatic rings. The second-order valence-electron chi connectivity index (χ2n) is 10.7. The van der Waals surface area contributed by atoms with Crippen molar-refractivity contribution in [3.63, 3.8) is 0 Å². The second kappa shape index (κ2) is 12.3. The lowest BCUT2D eigenvalue weighted by molar-refractivity contribution is -0.126. The zero-order valence-corrected chi connectivity index (χ0v) is 26.7. The van der Waals surface area contributed by atoms with Crippen molar-refractivity contribution in [1.82, 2.24) is 19.4 Å². The molecule has 1 amide bonds. The minimum Gasteiger partial charge on any atom is -0.396 e. The first-order valence-corrected chi connectivity index (χ1v) is 14.9. The maximum Gasteiger partial charge on any atom is 0.276 e. The Morgan fingerprint density at radius 3 is 2.40 bits per heavy atom. The number of benzene rings is 1. The number of hydrogen-bond acceptors (Lipinski definition) is 7. The number of aromatic nitrogens is 3. The molecule has 1 fully saturated rings. The van der Waals surface area contributed by atoms with Gasteiger partial charge in [-0.15, -0.1) is 0 Å². The van der Waals surface area contributed by atoms with E-state index in [9.17, 15) is 23.6 Å². The number of nitriles is 1. The number of anilines is 2. The number of amides is 1. The highest BCUT2D eigenvalue weighted by Gasteiger charge is 2.31. The Kier molecular flexibility index (Phi) is 8.77. The number of carbonyl (C=O) groups excluding carboxylic acids is 1. The van der Waals surface area contributed by atoms with Crippen LogP contribution in [-0.2, 0) is 4.79 Å². The number of halogens is 5. The van der Waals surface area contributed by atoms with Crippen LogP contribution in [0.15, 0.2) is 35.8 Å². The number of hydrogen-bond donors (Lipinski definition) is 1. The summed E-state index contributed by atoms with van der Waals surface area (Å²) in [7, 11) is 0. The predicted molar refractivity (Wildman–Crippen MR) is 172 cm³/mol. The van der Waals surface area contributed by atoms with Gasteiger partial charge in [-0.25, -0.2) is 13.8 Å². The maximum atomic E-state index is 14.8. The topological polar surface area (TPSA) is 121 Å². The molecule has 4 aromatic rings. The van der Waals surface area contributed by atoms with E-state index in [2.05, 4.69) is 17.6 Å². The molecule has 45 heavy (non-hydrogen) atoms. The minimum absolute atomic E-state index is 0.0346. The molecule has 0 atom stereocenters. The van der Waals surface area contributed by atoms with E-state index in [1.165, 1.54) is 16.7 Å². The molecule has 1 aromatic carbocycles. The summed E-state index contributed by atoms with van der Waals surface area (Å²) in [6.45, 7) is 10.3. The largest absolute Gasteiger partial charge is 0.396 e. The average Bonchev–Trinajstić information content (AvgIpc) is 3.02. The van der Waals surface area contributed by atoms with Crippen molar-refractivity contribution in [3.05, 3.63) is 84.9 Å². The summed E-state index contributed by atoms with van der Waals surface area (Å²) in [5.41, 5.74) is 5.92. The molecule has 0 spiro atoms. The number of pyridine rings is 3. The van der Waals surface area contributed by atoms with Crippen LogP contribution in [0, 0.1) is 29.9 Å². The highest BCUT2D eigenvalue weighted by atomic mass is 35.5. The third kappa shape index (κ3) is 5.27. The summed E-state index contributed by atoms with van der Waals surface area (Å²) < 4.78 is 30.5. The standard InChI is InChI=1S/C31H26Cl3F2N7O2/c1-5-19(44)41-8-10-42(11-9-41)29-16-12-18(32)27(20-21(33)22(34)23(35)24(36)25(20)38)40-30(16)43(31(45)17(29)13-37)28-15(4)6-7-39-26(28)14(2)3/h5-7,12,14H,1,8-11,38H2,2-4H3. The van der Waals surface area contributed by atoms with Gasteiger partial charge >= 0.3 is 0 Å². The Bertz CT molecular complexity index is 1990. The van der Waals surface area contributed by atoms with Gasteiger partial charge in [0.1, 0.15) is 17.3 Å². The van der Waals surface area contributed by atoms with Gasteiger partial charge in [0.15, 0.2) is 11.6 Å². The molecule has 1 aliphatic heterocycles. The van der Waals surface area contributed by atoms with Crippen molar-refractivity contribution < 1.29 is 13.6 Å². The molecule has 2 N–H and O–H groups in total. The molecule has 4 heterocycles. The molecule has 0 unspecified atom stereocenters. The van der Waals surface area contributed by atoms with Gasteiger partial charge in [-0.1, -0.05) is 55.2 Å². The van der Waals surface area contributed by atoms with Crippen molar-refractivity contribution in [2.24, 2.45) is 0 Å². The van der Waals surface area contributed by atoms with Gasteiger partial charge in [-0.3, -0.25) is 19.1 Å². The molecular weight excluding hydrogens is 647 g/mol. The number of aryl methyl sites for hydroxylation is 1. The van der Waals surface area contributed by atoms with Crippen LogP contribution in [0.5, 0.6) is 0 Å². The van der Waals surface area contributed by atoms with Crippen LogP contribution in [0.2, 0.25) is 15.1 Å². The molecule has 0 aliphatic carbocycles. The number of nitrogen functional groups attached to an aromatic ring is 1. The van der Waals surface area contributed by atoms with Crippen LogP contribution >= 0.6 is 34.8 Å². The second-order valence-corrected chi connectivity index (χ2v) is 11.9. The molecule has 0 saturated carbocycles. The normalized spacial score (nSPS) is 13.4. The number of rotatable bonds is 5. The smallest absolute Gasteiger partial charge is 0.276 e. The molecule has 1 saturated heterocycles. The molecule has 14 heteroatoms. The first kappa shape index (κ1) is 32.2. The summed E-state index contributed by atoms with van der Waals surface area (Å²) in [4.78, 5) is 39.3. The Balaban J connectivity index is 1.93. The van der Waals surface area contributed by atoms with Crippen LogP contribution in [-0.4, -0.2) is 51.5 Å². The number of nitrogens with two attached hydrogens (primary N) is 1. The summed E-state index contributed by atoms with van der Waals surface area (Å²) in [6, 6.07) is 5.26. The monoisotopic (exact) mass is 671 g/mol. The molecule has 9 nitrogen and oxygen atoms in total. The lowest BCUT2D eigenvalue weighted by Gasteiger charge is -2.36. The van der Waals surface area contributed by atoms with E-state index in [-0.39, 0.29) is 58.1 Å². The molecule has 3 aromatic heterocycles. The van der Waals surface area contributed by atoms with E-state index in [0.717, 1.165) is 0 Å². The van der Waals surface area contributed by atoms with E-state index in [4.69, 9.17) is 45.5 Å². The third-order valence-electron chi connectivity index (χ3n) is 7.74. The van der Waals surface area contributed by atoms with Gasteiger partial charge in [0.05, 0.1) is 43.5 Å². The Morgan fingerprint density at radius 1 is 1.13 bits per heavy atom. The van der Waals surface area contributed by atoms with Crippen LogP contribution < -0.4 is 16.2 Å². The van der Waals surface area contributed by atoms with Gasteiger partial charge in [0.2, 0.25) is 5.91 Å². The van der Waals surface area contributed by atoms with Gasteiger partial charge in [0, 0.05) is 43.3 Å². The van der Waals surface area contributed by atoms with Crippen LogP contribution in [0.4, 0.5) is 20.2 Å². The molecular formula is C31H26Cl3F2N7O2. The number of fused-ring (bicyclic) bond motifs is 1. The Morgan fingerprint density at radius 2 is 1.80 bits per heavy atom. The predicted octanol–water partition coefficient (Wildman–Crippen LogP) is 6.41. The number of piperazine rings is 1. The van der Waals surface area contributed by atoms with E-state index < -0.39 is 32.9 Å². The minimum atomic E-state index is -1.44. The molecule has 0 radical (unpaired) electrons. The van der Waals surface area contributed by atoms with Crippen molar-refractivity contribution in [3.8, 4) is 23.0 Å². The fourth-order valence-electron chi connectivity index (χ4n) is 5.52. The van der Waals surface area contributed by atoms with Gasteiger partial charge in [-0.05, 0) is 36.6 Å². The summed E-state index contributed by atoms with van der Waals surface area (Å²) in [6.07, 6.45) is 2.84. The highest BCUT2D eigenvalue weighted by Crippen LogP contribution is 2.45. The fraction of sp³-hybridized carbons (Fsp3) is 0.258. The Labute approximate surface area is 272 Å². The molecule has 0 bridgehead atoms. The first-order valence-electron chi connectivity index (χ1n) is 13.8. The lowest BCUT2D eigenvalue weighted by atomic mass is 10.0. The van der Waals surface area contributed by atoms with Gasteiger partial charge in [-0.2, -0.15) is 5.26 Å². The van der Waals surface area contributed by atoms with E-state index >= 15 is 0 Å². The van der Waals surface area contributed by atoms with Gasteiger partial charge < -0.3 is 15.5 Å². The van der Waals surface area contributed by atoms with Crippen LogP contribution in [0.1, 0.15) is 36.6 Å². The third-order valence-corrected chi connectivity index (χ3v) is 8.85. The summed E-state index contributed by atoms with van der Waals surface area (Å²) in [5.74, 6) is -3.26. The highest BCUT2D eigenvalue weighted by molar-refractivity contribution is 6.45. The number of nitrogens with zero attached hydrogens (tertiary/aromatic N) is 6. The summed E-state index contributed by atoms with van der Waals surface area (Å²) >= 11 is 19.2. The number of carbonyl (C=O) groups is 1. The first-order chi connectivity index (χ1) is 21.3. The molecule has 5 rings (SSSR count). The maximum absolute atomic E-state index is 14.8. The zero-order chi connectivity index (χ0) is 32.9. The zero-order valence-electron chi connectivity index (χ0n) is 24.4. The van der Waals surface area contributed by atoms with E-state index in [0.29, 0.717) is 35.4 Å². The molecule has 232 valence electrons. The lowest BCUT2D eigenvalue weighted by Crippen LogP contribution is -2.49. The average molecular weight is 673 g/mol. The van der Waals surface area contributed by atoms with E-state index in [1.54, 1.807) is 24.1 Å². The van der Waals surface area contributed by atoms with Crippen molar-refractivity contribution in [2.45, 2.75) is 26.7 Å². The van der Waals surface area contributed by atoms with Gasteiger partial charge in [0.25, 0.3) is 5.56 Å². The van der Waals surface area contributed by atoms with Crippen molar-refractivity contribution >= 4 is 63.1 Å². The fourth-order valence-corrected chi connectivity index (χ4v) is 6.22. The SMILES string of the molecule is C=CC(=O)N1CCN(c2c(C#N)c(=O)n(-c3c(C)ccnc3C(C)C)c3nc(-c4c(N)c(F)c(F)c(Cl)c4Cl)c(Cl)cc23)CC1. The van der Waals surface area contributed by atoms with Crippen LogP contribution in [0.3, 0.4) is 0 Å². The summed E-state index contributed by atoms with van der Waals surface area (Å²) in [5, 5.41) is 9.47.